The molecule has 112 valence electrons. The van der Waals surface area contributed by atoms with E-state index in [2.05, 4.69) is 40.4 Å². The quantitative estimate of drug-likeness (QED) is 0.744. The van der Waals surface area contributed by atoms with E-state index in [9.17, 15) is 0 Å². The van der Waals surface area contributed by atoms with Crippen molar-refractivity contribution in [3.63, 3.8) is 0 Å². The molecule has 3 aromatic heterocycles. The molecule has 3 rings (SSSR count). The first kappa shape index (κ1) is 14.5. The molecule has 0 aliphatic rings. The molecule has 0 amide bonds. The van der Waals surface area contributed by atoms with Crippen LogP contribution in [0.4, 0.5) is 0 Å². The van der Waals surface area contributed by atoms with E-state index in [1.807, 2.05) is 18.5 Å². The number of nitrogens with zero attached hydrogens (tertiary/aromatic N) is 4. The Morgan fingerprint density at radius 1 is 1.29 bits per heavy atom. The average Bonchev–Trinajstić information content (AvgIpc) is 3.03. The maximum absolute atomic E-state index is 5.55. The molecule has 0 fully saturated rings. The van der Waals surface area contributed by atoms with Crippen LogP contribution >= 0.6 is 23.6 Å². The molecule has 0 spiro atoms. The lowest BCUT2D eigenvalue weighted by Gasteiger charge is -2.14. The fourth-order valence-corrected chi connectivity index (χ4v) is 4.17. The Balaban J connectivity index is 2.26. The minimum Gasteiger partial charge on any atom is -0.328 e. The number of aromatic amines is 1. The van der Waals surface area contributed by atoms with Crippen molar-refractivity contribution >= 4 is 34.7 Å². The van der Waals surface area contributed by atoms with Crippen LogP contribution in [0.15, 0.2) is 0 Å². The zero-order chi connectivity index (χ0) is 15.3. The van der Waals surface area contributed by atoms with Crippen molar-refractivity contribution in [2.45, 2.75) is 47.2 Å². The molecule has 3 aromatic rings. The van der Waals surface area contributed by atoms with E-state index in [1.54, 1.807) is 11.3 Å². The third-order valence-corrected chi connectivity index (χ3v) is 5.33. The maximum Gasteiger partial charge on any atom is 0.179 e. The topological polar surface area (TPSA) is 51.4 Å². The summed E-state index contributed by atoms with van der Waals surface area (Å²) in [7, 11) is 0. The number of aryl methyl sites for hydroxylation is 4. The monoisotopic (exact) mass is 321 g/mol. The lowest BCUT2D eigenvalue weighted by Crippen LogP contribution is -2.10. The van der Waals surface area contributed by atoms with Gasteiger partial charge in [0.05, 0.1) is 27.3 Å². The van der Waals surface area contributed by atoms with Crippen molar-refractivity contribution in [2.75, 3.05) is 0 Å². The van der Waals surface area contributed by atoms with Gasteiger partial charge < -0.3 is 4.98 Å². The van der Waals surface area contributed by atoms with Crippen LogP contribution < -0.4 is 0 Å². The number of fused-ring (bicyclic) bond motifs is 1. The second-order valence-electron chi connectivity index (χ2n) is 5.26. The predicted molar refractivity (Wildman–Crippen MR) is 88.7 cm³/mol. The van der Waals surface area contributed by atoms with Crippen LogP contribution in [0.2, 0.25) is 0 Å². The fraction of sp³-hybridized carbons (Fsp3) is 0.500. The van der Waals surface area contributed by atoms with Gasteiger partial charge in [-0.2, -0.15) is 5.10 Å². The van der Waals surface area contributed by atoms with Crippen molar-refractivity contribution in [1.29, 1.82) is 0 Å². The van der Waals surface area contributed by atoms with E-state index in [-0.39, 0.29) is 6.04 Å². The van der Waals surface area contributed by atoms with Crippen molar-refractivity contribution in [3.05, 3.63) is 26.0 Å². The summed E-state index contributed by atoms with van der Waals surface area (Å²) in [5.74, 6) is 0. The van der Waals surface area contributed by atoms with Gasteiger partial charge in [0.1, 0.15) is 5.52 Å². The summed E-state index contributed by atoms with van der Waals surface area (Å²) < 4.78 is 4.91. The second-order valence-corrected chi connectivity index (χ2v) is 6.88. The van der Waals surface area contributed by atoms with Crippen molar-refractivity contribution in [1.82, 2.24) is 24.3 Å². The van der Waals surface area contributed by atoms with Gasteiger partial charge in [0.25, 0.3) is 0 Å². The normalized spacial score (nSPS) is 13.2. The lowest BCUT2D eigenvalue weighted by molar-refractivity contribution is 0.599. The molecular formula is C14H19N5S2. The van der Waals surface area contributed by atoms with Crippen molar-refractivity contribution in [3.8, 4) is 0 Å². The van der Waals surface area contributed by atoms with E-state index in [4.69, 9.17) is 12.2 Å². The maximum atomic E-state index is 5.55. The van der Waals surface area contributed by atoms with Gasteiger partial charge in [-0.25, -0.2) is 9.67 Å². The molecule has 1 atom stereocenters. The first-order valence-corrected chi connectivity index (χ1v) is 8.28. The molecule has 7 heteroatoms. The third-order valence-electron chi connectivity index (χ3n) is 3.79. The van der Waals surface area contributed by atoms with E-state index in [0.717, 1.165) is 38.9 Å². The molecule has 21 heavy (non-hydrogen) atoms. The lowest BCUT2D eigenvalue weighted by atomic mass is 10.2. The van der Waals surface area contributed by atoms with Crippen LogP contribution in [0, 0.1) is 25.5 Å². The zero-order valence-corrected chi connectivity index (χ0v) is 14.5. The molecule has 0 aliphatic heterocycles. The van der Waals surface area contributed by atoms with Crippen LogP contribution in [0.25, 0.3) is 11.2 Å². The van der Waals surface area contributed by atoms with Crippen LogP contribution in [0.5, 0.6) is 0 Å². The Labute approximate surface area is 132 Å². The molecule has 0 bridgehead atoms. The third kappa shape index (κ3) is 2.15. The number of rotatable bonds is 3. The van der Waals surface area contributed by atoms with Gasteiger partial charge >= 0.3 is 0 Å². The van der Waals surface area contributed by atoms with Crippen LogP contribution in [-0.2, 0) is 6.54 Å². The molecule has 0 aromatic carbocycles. The highest BCUT2D eigenvalue weighted by Gasteiger charge is 2.21. The molecule has 1 unspecified atom stereocenters. The van der Waals surface area contributed by atoms with Gasteiger partial charge in [-0.15, -0.1) is 11.3 Å². The number of aromatic nitrogens is 5. The van der Waals surface area contributed by atoms with Crippen LogP contribution in [0.1, 0.15) is 41.2 Å². The Bertz CT molecular complexity index is 864. The van der Waals surface area contributed by atoms with Gasteiger partial charge in [-0.05, 0) is 46.8 Å². The summed E-state index contributed by atoms with van der Waals surface area (Å²) in [6.45, 7) is 11.2. The van der Waals surface area contributed by atoms with E-state index < -0.39 is 0 Å². The summed E-state index contributed by atoms with van der Waals surface area (Å²) in [6.07, 6.45) is 0. The molecule has 5 nitrogen and oxygen atoms in total. The minimum absolute atomic E-state index is 0.152. The summed E-state index contributed by atoms with van der Waals surface area (Å²) in [4.78, 5) is 9.10. The average molecular weight is 321 g/mol. The molecular weight excluding hydrogens is 302 g/mol. The summed E-state index contributed by atoms with van der Waals surface area (Å²) in [5, 5.41) is 5.67. The predicted octanol–water partition coefficient (Wildman–Crippen LogP) is 3.91. The summed E-state index contributed by atoms with van der Waals surface area (Å²) >= 11 is 7.29. The Morgan fingerprint density at radius 2 is 2.00 bits per heavy atom. The van der Waals surface area contributed by atoms with Crippen LogP contribution in [-0.4, -0.2) is 24.3 Å². The number of hydrogen-bond donors (Lipinski definition) is 1. The van der Waals surface area contributed by atoms with Gasteiger partial charge in [-0.3, -0.25) is 4.57 Å². The van der Waals surface area contributed by atoms with E-state index in [0.29, 0.717) is 0 Å². The standard InChI is InChI=1S/C14H19N5S2/c1-6-18-13-11(7(2)17-18)16-14(20)19(13)9(4)12-8(3)15-10(5)21-12/h9H,6H2,1-5H3,(H,16,20). The van der Waals surface area contributed by atoms with Crippen molar-refractivity contribution in [2.24, 2.45) is 0 Å². The van der Waals surface area contributed by atoms with Gasteiger partial charge in [0.2, 0.25) is 0 Å². The molecule has 0 saturated heterocycles. The van der Waals surface area contributed by atoms with Crippen molar-refractivity contribution < 1.29 is 0 Å². The summed E-state index contributed by atoms with van der Waals surface area (Å²) in [6, 6.07) is 0.152. The Morgan fingerprint density at radius 3 is 2.57 bits per heavy atom. The Kier molecular flexibility index (Phi) is 3.49. The summed E-state index contributed by atoms with van der Waals surface area (Å²) in [5.41, 5.74) is 4.17. The number of nitrogens with one attached hydrogen (secondary N) is 1. The molecule has 1 N–H and O–H groups in total. The number of imidazole rings is 1. The number of H-pyrrole nitrogens is 1. The largest absolute Gasteiger partial charge is 0.328 e. The molecule has 0 saturated carbocycles. The first-order chi connectivity index (χ1) is 9.93. The Hall–Kier alpha value is -1.47. The van der Waals surface area contributed by atoms with Gasteiger partial charge in [0.15, 0.2) is 10.4 Å². The second kappa shape index (κ2) is 5.06. The van der Waals surface area contributed by atoms with E-state index >= 15 is 0 Å². The highest BCUT2D eigenvalue weighted by Crippen LogP contribution is 2.31. The van der Waals surface area contributed by atoms with Gasteiger partial charge in [0, 0.05) is 6.54 Å². The molecule has 0 aliphatic carbocycles. The van der Waals surface area contributed by atoms with Crippen LogP contribution in [0.3, 0.4) is 0 Å². The zero-order valence-electron chi connectivity index (χ0n) is 12.9. The van der Waals surface area contributed by atoms with Gasteiger partial charge in [-0.1, -0.05) is 0 Å². The van der Waals surface area contributed by atoms with E-state index in [1.165, 1.54) is 4.88 Å². The first-order valence-electron chi connectivity index (χ1n) is 7.05. The number of hydrogen-bond acceptors (Lipinski definition) is 4. The minimum atomic E-state index is 0.152. The highest BCUT2D eigenvalue weighted by molar-refractivity contribution is 7.71. The molecule has 3 heterocycles. The molecule has 0 radical (unpaired) electrons. The number of thiazole rings is 1. The SMILES string of the molecule is CCn1nc(C)c2[nH]c(=S)n(C(C)c3sc(C)nc3C)c21. The highest BCUT2D eigenvalue weighted by atomic mass is 32.1. The smallest absolute Gasteiger partial charge is 0.179 e. The fourth-order valence-electron chi connectivity index (χ4n) is 2.86.